The number of amides is 1. The van der Waals surface area contributed by atoms with E-state index in [0.29, 0.717) is 12.0 Å². The van der Waals surface area contributed by atoms with Crippen molar-refractivity contribution in [1.29, 1.82) is 0 Å². The quantitative estimate of drug-likeness (QED) is 0.828. The van der Waals surface area contributed by atoms with Crippen LogP contribution in [0.4, 0.5) is 13.2 Å². The van der Waals surface area contributed by atoms with Crippen molar-refractivity contribution in [3.05, 3.63) is 71.0 Å². The largest absolute Gasteiger partial charge is 0.481 e. The average Bonchev–Trinajstić information content (AvgIpc) is 3.39. The Balaban J connectivity index is 1.62. The molecule has 0 saturated heterocycles. The third kappa shape index (κ3) is 3.87. The Hall–Kier alpha value is -2.83. The number of carboxylic acid groups (broad SMARTS) is 1. The summed E-state index contributed by atoms with van der Waals surface area (Å²) in [6.45, 7) is -0.172. The second-order valence-electron chi connectivity index (χ2n) is 6.30. The molecule has 2 aromatic carbocycles. The van der Waals surface area contributed by atoms with Crippen molar-refractivity contribution in [2.75, 3.05) is 6.54 Å². The van der Waals surface area contributed by atoms with Crippen molar-refractivity contribution >= 4 is 11.9 Å². The van der Waals surface area contributed by atoms with Crippen molar-refractivity contribution in [3.8, 4) is 0 Å². The number of carboxylic acids is 1. The van der Waals surface area contributed by atoms with Crippen LogP contribution in [0.25, 0.3) is 0 Å². The fourth-order valence-corrected chi connectivity index (χ4v) is 3.00. The van der Waals surface area contributed by atoms with Crippen molar-refractivity contribution in [3.63, 3.8) is 0 Å². The molecule has 0 spiro atoms. The highest BCUT2D eigenvalue weighted by Crippen LogP contribution is 2.48. The predicted molar refractivity (Wildman–Crippen MR) is 87.0 cm³/mol. The first-order valence-electron chi connectivity index (χ1n) is 8.07. The lowest BCUT2D eigenvalue weighted by Gasteiger charge is -2.14. The lowest BCUT2D eigenvalue weighted by molar-refractivity contribution is -0.138. The van der Waals surface area contributed by atoms with Gasteiger partial charge in [-0.2, -0.15) is 0 Å². The number of nitrogens with one attached hydrogen (secondary N) is 1. The van der Waals surface area contributed by atoms with Crippen LogP contribution < -0.4 is 5.32 Å². The minimum Gasteiger partial charge on any atom is -0.481 e. The van der Waals surface area contributed by atoms with E-state index in [2.05, 4.69) is 5.32 Å². The SMILES string of the molecule is O=C(O)C(CNC(=O)C1CC1c1cc(F)ccc1F)c1ccc(F)cc1. The molecular formula is C19H16F3NO3. The number of rotatable bonds is 6. The molecule has 0 aliphatic heterocycles. The van der Waals surface area contributed by atoms with Crippen molar-refractivity contribution in [1.82, 2.24) is 5.32 Å². The van der Waals surface area contributed by atoms with Gasteiger partial charge >= 0.3 is 5.97 Å². The minimum absolute atomic E-state index is 0.151. The lowest BCUT2D eigenvalue weighted by Crippen LogP contribution is -2.33. The molecule has 0 radical (unpaired) electrons. The molecule has 1 aliphatic carbocycles. The Morgan fingerprint density at radius 1 is 1.08 bits per heavy atom. The van der Waals surface area contributed by atoms with Crippen LogP contribution in [0.2, 0.25) is 0 Å². The molecule has 1 aliphatic rings. The van der Waals surface area contributed by atoms with Gasteiger partial charge in [-0.15, -0.1) is 0 Å². The predicted octanol–water partition coefficient (Wildman–Crippen LogP) is 3.19. The number of carbonyl (C=O) groups excluding carboxylic acids is 1. The van der Waals surface area contributed by atoms with E-state index in [9.17, 15) is 27.9 Å². The zero-order chi connectivity index (χ0) is 18.8. The molecule has 3 rings (SSSR count). The summed E-state index contributed by atoms with van der Waals surface area (Å²) in [7, 11) is 0. The summed E-state index contributed by atoms with van der Waals surface area (Å²) in [5, 5.41) is 11.9. The summed E-state index contributed by atoms with van der Waals surface area (Å²) in [6.07, 6.45) is 0.375. The van der Waals surface area contributed by atoms with Crippen LogP contribution in [0.5, 0.6) is 0 Å². The topological polar surface area (TPSA) is 66.4 Å². The highest BCUT2D eigenvalue weighted by Gasteiger charge is 2.45. The maximum Gasteiger partial charge on any atom is 0.312 e. The molecule has 7 heteroatoms. The maximum atomic E-state index is 13.8. The molecule has 26 heavy (non-hydrogen) atoms. The normalized spacial score (nSPS) is 19.7. The number of benzene rings is 2. The van der Waals surface area contributed by atoms with Crippen molar-refractivity contribution in [2.24, 2.45) is 5.92 Å². The van der Waals surface area contributed by atoms with E-state index in [1.165, 1.54) is 12.1 Å². The number of hydrogen-bond acceptors (Lipinski definition) is 2. The molecular weight excluding hydrogens is 347 g/mol. The Bertz CT molecular complexity index is 838. The number of carbonyl (C=O) groups is 2. The van der Waals surface area contributed by atoms with Gasteiger partial charge < -0.3 is 10.4 Å². The molecule has 0 aromatic heterocycles. The molecule has 136 valence electrons. The third-order valence-electron chi connectivity index (χ3n) is 4.54. The van der Waals surface area contributed by atoms with Gasteiger partial charge in [0.15, 0.2) is 0 Å². The molecule has 1 amide bonds. The van der Waals surface area contributed by atoms with Crippen LogP contribution in [0.15, 0.2) is 42.5 Å². The third-order valence-corrected chi connectivity index (χ3v) is 4.54. The van der Waals surface area contributed by atoms with Gasteiger partial charge in [-0.05, 0) is 53.8 Å². The minimum atomic E-state index is -1.15. The molecule has 2 aromatic rings. The number of hydrogen-bond donors (Lipinski definition) is 2. The lowest BCUT2D eigenvalue weighted by atomic mass is 9.99. The van der Waals surface area contributed by atoms with Gasteiger partial charge in [0.2, 0.25) is 5.91 Å². The van der Waals surface area contributed by atoms with Crippen LogP contribution >= 0.6 is 0 Å². The standard InChI is InChI=1S/C19H16F3NO3/c20-11-3-1-10(2-4-11)16(19(25)26)9-23-18(24)15-8-13(15)14-7-12(21)5-6-17(14)22/h1-7,13,15-16H,8-9H2,(H,23,24)(H,25,26). The molecule has 0 bridgehead atoms. The molecule has 1 fully saturated rings. The van der Waals surface area contributed by atoms with Gasteiger partial charge in [-0.3, -0.25) is 9.59 Å². The summed E-state index contributed by atoms with van der Waals surface area (Å²) < 4.78 is 40.0. The fraction of sp³-hybridized carbons (Fsp3) is 0.263. The first-order valence-corrected chi connectivity index (χ1v) is 8.07. The van der Waals surface area contributed by atoms with E-state index in [-0.39, 0.29) is 12.1 Å². The Kier molecular flexibility index (Phi) is 4.97. The van der Waals surface area contributed by atoms with Crippen molar-refractivity contribution in [2.45, 2.75) is 18.3 Å². The zero-order valence-corrected chi connectivity index (χ0v) is 13.6. The highest BCUT2D eigenvalue weighted by molar-refractivity contribution is 5.84. The van der Waals surface area contributed by atoms with Gasteiger partial charge in [0.05, 0.1) is 5.92 Å². The van der Waals surface area contributed by atoms with E-state index in [0.717, 1.165) is 30.3 Å². The smallest absolute Gasteiger partial charge is 0.312 e. The van der Waals surface area contributed by atoms with Crippen LogP contribution in [0.3, 0.4) is 0 Å². The summed E-state index contributed by atoms with van der Waals surface area (Å²) in [4.78, 5) is 23.6. The van der Waals surface area contributed by atoms with Gasteiger partial charge in [-0.1, -0.05) is 12.1 Å². The van der Waals surface area contributed by atoms with Crippen LogP contribution in [0, 0.1) is 23.4 Å². The monoisotopic (exact) mass is 363 g/mol. The first-order chi connectivity index (χ1) is 12.4. The molecule has 0 heterocycles. The summed E-state index contributed by atoms with van der Waals surface area (Å²) in [5.74, 6) is -5.15. The molecule has 3 unspecified atom stereocenters. The Morgan fingerprint density at radius 2 is 1.73 bits per heavy atom. The Labute approximate surface area is 147 Å². The van der Waals surface area contributed by atoms with E-state index in [1.54, 1.807) is 0 Å². The van der Waals surface area contributed by atoms with Gasteiger partial charge in [0.1, 0.15) is 17.5 Å². The van der Waals surface area contributed by atoms with E-state index >= 15 is 0 Å². The van der Waals surface area contributed by atoms with Gasteiger partial charge in [0, 0.05) is 12.5 Å². The van der Waals surface area contributed by atoms with Crippen molar-refractivity contribution < 1.29 is 27.9 Å². The van der Waals surface area contributed by atoms with E-state index < -0.39 is 47.1 Å². The van der Waals surface area contributed by atoms with Crippen LogP contribution in [0.1, 0.15) is 29.4 Å². The second-order valence-corrected chi connectivity index (χ2v) is 6.30. The highest BCUT2D eigenvalue weighted by atomic mass is 19.1. The average molecular weight is 363 g/mol. The molecule has 4 nitrogen and oxygen atoms in total. The molecule has 3 atom stereocenters. The summed E-state index contributed by atoms with van der Waals surface area (Å²) in [5.41, 5.74) is 0.515. The van der Waals surface area contributed by atoms with Crippen LogP contribution in [-0.4, -0.2) is 23.5 Å². The summed E-state index contributed by atoms with van der Waals surface area (Å²) >= 11 is 0. The van der Waals surface area contributed by atoms with E-state index in [4.69, 9.17) is 0 Å². The molecule has 2 N–H and O–H groups in total. The Morgan fingerprint density at radius 3 is 2.38 bits per heavy atom. The fourth-order valence-electron chi connectivity index (χ4n) is 3.00. The van der Waals surface area contributed by atoms with Gasteiger partial charge in [0.25, 0.3) is 0 Å². The van der Waals surface area contributed by atoms with Gasteiger partial charge in [-0.25, -0.2) is 13.2 Å². The zero-order valence-electron chi connectivity index (χ0n) is 13.6. The van der Waals surface area contributed by atoms with E-state index in [1.807, 2.05) is 0 Å². The molecule has 1 saturated carbocycles. The second kappa shape index (κ2) is 7.19. The number of aliphatic carboxylic acids is 1. The van der Waals surface area contributed by atoms with Crippen LogP contribution in [-0.2, 0) is 9.59 Å². The maximum absolute atomic E-state index is 13.8. The first kappa shape index (κ1) is 18.0. The number of halogens is 3. The summed E-state index contributed by atoms with van der Waals surface area (Å²) in [6, 6.07) is 8.10.